The maximum atomic E-state index is 13.0. The molecule has 2 heterocycles. The van der Waals surface area contributed by atoms with Crippen LogP contribution in [0.25, 0.3) is 11.1 Å². The number of aromatic nitrogens is 1. The van der Waals surface area contributed by atoms with Crippen LogP contribution >= 0.6 is 0 Å². The van der Waals surface area contributed by atoms with Crippen LogP contribution in [-0.2, 0) is 11.2 Å². The van der Waals surface area contributed by atoms with Crippen molar-refractivity contribution in [2.24, 2.45) is 0 Å². The zero-order chi connectivity index (χ0) is 19.3. The predicted molar refractivity (Wildman–Crippen MR) is 109 cm³/mol. The molecule has 3 aromatic rings. The summed E-state index contributed by atoms with van der Waals surface area (Å²) in [6.07, 6.45) is 4.44. The highest BCUT2D eigenvalue weighted by Crippen LogP contribution is 2.33. The highest BCUT2D eigenvalue weighted by Gasteiger charge is 2.25. The van der Waals surface area contributed by atoms with Crippen LogP contribution < -0.4 is 9.64 Å². The number of methoxy groups -OCH3 is 1. The summed E-state index contributed by atoms with van der Waals surface area (Å²) in [6.45, 7) is 1.72. The van der Waals surface area contributed by atoms with Gasteiger partial charge in [-0.15, -0.1) is 0 Å². The maximum Gasteiger partial charge on any atom is 0.258 e. The van der Waals surface area contributed by atoms with E-state index in [2.05, 4.69) is 17.1 Å². The Labute approximate surface area is 164 Å². The van der Waals surface area contributed by atoms with Gasteiger partial charge in [-0.1, -0.05) is 6.07 Å². The first-order chi connectivity index (χ1) is 13.8. The second kappa shape index (κ2) is 8.23. The van der Waals surface area contributed by atoms with Crippen molar-refractivity contribution in [1.29, 1.82) is 0 Å². The number of pyridine rings is 1. The average molecular weight is 374 g/mol. The summed E-state index contributed by atoms with van der Waals surface area (Å²) in [7, 11) is 1.64. The van der Waals surface area contributed by atoms with Gasteiger partial charge >= 0.3 is 0 Å². The van der Waals surface area contributed by atoms with E-state index in [1.54, 1.807) is 19.5 Å². The number of nitrogens with zero attached hydrogens (tertiary/aromatic N) is 2. The fraction of sp³-hybridized carbons (Fsp3) is 0.217. The summed E-state index contributed by atoms with van der Waals surface area (Å²) in [4.78, 5) is 18.9. The Morgan fingerprint density at radius 1 is 1.00 bits per heavy atom. The van der Waals surface area contributed by atoms with Crippen LogP contribution in [0.4, 0.5) is 5.69 Å². The third kappa shape index (κ3) is 3.75. The maximum absolute atomic E-state index is 13.0. The molecular weight excluding hydrogens is 352 g/mol. The molecule has 0 radical (unpaired) electrons. The number of anilines is 1. The number of hydrogen-bond donors (Lipinski definition) is 0. The SMILES string of the molecule is COCCOc1ccc(C(=O)N2CCc3cc(-c4ccncc4)ccc32)cc1. The van der Waals surface area contributed by atoms with Crippen LogP contribution in [0.15, 0.2) is 67.0 Å². The topological polar surface area (TPSA) is 51.7 Å². The molecule has 0 saturated heterocycles. The van der Waals surface area contributed by atoms with Crippen molar-refractivity contribution >= 4 is 11.6 Å². The molecule has 1 aliphatic heterocycles. The van der Waals surface area contributed by atoms with Crippen LogP contribution in [0, 0.1) is 0 Å². The minimum atomic E-state index is 0.0128. The monoisotopic (exact) mass is 374 g/mol. The molecule has 4 rings (SSSR count). The standard InChI is InChI=1S/C23H22N2O3/c1-27-14-15-28-21-5-2-18(3-6-21)23(26)25-13-10-20-16-19(4-7-22(20)25)17-8-11-24-12-9-17/h2-9,11-12,16H,10,13-15H2,1H3. The molecule has 0 spiro atoms. The molecule has 28 heavy (non-hydrogen) atoms. The molecular formula is C23H22N2O3. The van der Waals surface area contributed by atoms with Gasteiger partial charge in [-0.25, -0.2) is 0 Å². The largest absolute Gasteiger partial charge is 0.491 e. The quantitative estimate of drug-likeness (QED) is 0.613. The Morgan fingerprint density at radius 3 is 2.54 bits per heavy atom. The minimum absolute atomic E-state index is 0.0128. The van der Waals surface area contributed by atoms with Gasteiger partial charge in [-0.3, -0.25) is 9.78 Å². The van der Waals surface area contributed by atoms with Crippen LogP contribution in [-0.4, -0.2) is 37.8 Å². The molecule has 0 atom stereocenters. The molecule has 1 amide bonds. The van der Waals surface area contributed by atoms with E-state index in [1.165, 1.54) is 5.56 Å². The van der Waals surface area contributed by atoms with Crippen molar-refractivity contribution in [3.05, 3.63) is 78.1 Å². The first-order valence-electron chi connectivity index (χ1n) is 9.33. The highest BCUT2D eigenvalue weighted by atomic mass is 16.5. The van der Waals surface area contributed by atoms with E-state index in [0.717, 1.165) is 29.0 Å². The number of benzene rings is 2. The molecule has 0 unspecified atom stereocenters. The van der Waals surface area contributed by atoms with Crippen LogP contribution in [0.1, 0.15) is 15.9 Å². The fourth-order valence-corrected chi connectivity index (χ4v) is 3.43. The summed E-state index contributed by atoms with van der Waals surface area (Å²) in [6, 6.07) is 17.5. The van der Waals surface area contributed by atoms with Crippen molar-refractivity contribution in [3.63, 3.8) is 0 Å². The lowest BCUT2D eigenvalue weighted by atomic mass is 10.0. The normalized spacial score (nSPS) is 12.7. The molecule has 142 valence electrons. The van der Waals surface area contributed by atoms with Gasteiger partial charge in [0.25, 0.3) is 5.91 Å². The van der Waals surface area contributed by atoms with E-state index < -0.39 is 0 Å². The highest BCUT2D eigenvalue weighted by molar-refractivity contribution is 6.07. The van der Waals surface area contributed by atoms with E-state index in [0.29, 0.717) is 25.3 Å². The molecule has 0 N–H and O–H groups in total. The minimum Gasteiger partial charge on any atom is -0.491 e. The number of ether oxygens (including phenoxy) is 2. The van der Waals surface area contributed by atoms with Gasteiger partial charge in [0.1, 0.15) is 12.4 Å². The number of carbonyl (C=O) groups excluding carboxylic acids is 1. The number of rotatable bonds is 6. The van der Waals surface area contributed by atoms with Gasteiger partial charge < -0.3 is 14.4 Å². The van der Waals surface area contributed by atoms with Gasteiger partial charge in [-0.05, 0) is 71.6 Å². The molecule has 0 saturated carbocycles. The first-order valence-corrected chi connectivity index (χ1v) is 9.33. The number of hydrogen-bond acceptors (Lipinski definition) is 4. The van der Waals surface area contributed by atoms with E-state index >= 15 is 0 Å². The fourth-order valence-electron chi connectivity index (χ4n) is 3.43. The number of amides is 1. The lowest BCUT2D eigenvalue weighted by molar-refractivity contribution is 0.0989. The summed E-state index contributed by atoms with van der Waals surface area (Å²) < 4.78 is 10.5. The number of carbonyl (C=O) groups is 1. The third-order valence-electron chi connectivity index (χ3n) is 4.89. The summed E-state index contributed by atoms with van der Waals surface area (Å²) >= 11 is 0. The van der Waals surface area contributed by atoms with E-state index in [4.69, 9.17) is 9.47 Å². The van der Waals surface area contributed by atoms with E-state index in [9.17, 15) is 4.79 Å². The molecule has 1 aliphatic rings. The molecule has 5 heteroatoms. The summed E-state index contributed by atoms with van der Waals surface area (Å²) in [5.74, 6) is 0.747. The lowest BCUT2D eigenvalue weighted by Gasteiger charge is -2.18. The van der Waals surface area contributed by atoms with Gasteiger partial charge in [0, 0.05) is 37.3 Å². The average Bonchev–Trinajstić information content (AvgIpc) is 3.18. The zero-order valence-corrected chi connectivity index (χ0v) is 15.8. The molecule has 1 aromatic heterocycles. The molecule has 5 nitrogen and oxygen atoms in total. The van der Waals surface area contributed by atoms with Crippen molar-refractivity contribution in [1.82, 2.24) is 4.98 Å². The second-order valence-electron chi connectivity index (χ2n) is 6.65. The van der Waals surface area contributed by atoms with E-state index in [-0.39, 0.29) is 5.91 Å². The Morgan fingerprint density at radius 2 is 1.79 bits per heavy atom. The predicted octanol–water partition coefficient (Wildman–Crippen LogP) is 3.98. The van der Waals surface area contributed by atoms with Crippen LogP contribution in [0.5, 0.6) is 5.75 Å². The van der Waals surface area contributed by atoms with Gasteiger partial charge in [0.2, 0.25) is 0 Å². The van der Waals surface area contributed by atoms with Gasteiger partial charge in [0.05, 0.1) is 6.61 Å². The van der Waals surface area contributed by atoms with Crippen LogP contribution in [0.2, 0.25) is 0 Å². The van der Waals surface area contributed by atoms with Gasteiger partial charge in [0.15, 0.2) is 0 Å². The summed E-state index contributed by atoms with van der Waals surface area (Å²) in [5, 5.41) is 0. The Hall–Kier alpha value is -3.18. The first kappa shape index (κ1) is 18.2. The smallest absolute Gasteiger partial charge is 0.258 e. The third-order valence-corrected chi connectivity index (χ3v) is 4.89. The molecule has 2 aromatic carbocycles. The van der Waals surface area contributed by atoms with Crippen molar-refractivity contribution in [2.45, 2.75) is 6.42 Å². The Bertz CT molecular complexity index is 955. The van der Waals surface area contributed by atoms with Crippen LogP contribution in [0.3, 0.4) is 0 Å². The zero-order valence-electron chi connectivity index (χ0n) is 15.8. The van der Waals surface area contributed by atoms with Crippen molar-refractivity contribution < 1.29 is 14.3 Å². The molecule has 0 bridgehead atoms. The number of fused-ring (bicyclic) bond motifs is 1. The van der Waals surface area contributed by atoms with E-state index in [1.807, 2.05) is 47.4 Å². The summed E-state index contributed by atoms with van der Waals surface area (Å²) in [5.41, 5.74) is 5.12. The molecule has 0 aliphatic carbocycles. The van der Waals surface area contributed by atoms with Crippen molar-refractivity contribution in [2.75, 3.05) is 31.8 Å². The molecule has 0 fully saturated rings. The van der Waals surface area contributed by atoms with Gasteiger partial charge in [-0.2, -0.15) is 0 Å². The van der Waals surface area contributed by atoms with Crippen molar-refractivity contribution in [3.8, 4) is 16.9 Å². The Kier molecular flexibility index (Phi) is 5.35. The Balaban J connectivity index is 1.50. The lowest BCUT2D eigenvalue weighted by Crippen LogP contribution is -2.28. The second-order valence-corrected chi connectivity index (χ2v) is 6.65.